The standard InChI is InChI=1S/C18H18N4O2/c1-12-10-15(24-13(2)14-6-4-3-5-7-14)8-9-16(12)20-18(23)17-11-19-22-21-17/h3-11,13H,1-2H3,(H,20,23)(H,19,21,22)/t13-/m0/s1. The average Bonchev–Trinajstić information content (AvgIpc) is 3.13. The molecular weight excluding hydrogens is 304 g/mol. The number of amides is 1. The third-order valence-corrected chi connectivity index (χ3v) is 3.68. The Bertz CT molecular complexity index is 816. The van der Waals surface area contributed by atoms with Gasteiger partial charge in [0.15, 0.2) is 5.69 Å². The molecule has 122 valence electrons. The van der Waals surface area contributed by atoms with Gasteiger partial charge < -0.3 is 10.1 Å². The second-order valence-corrected chi connectivity index (χ2v) is 5.46. The molecule has 0 spiro atoms. The van der Waals surface area contributed by atoms with Crippen molar-refractivity contribution in [2.24, 2.45) is 0 Å². The van der Waals surface area contributed by atoms with Gasteiger partial charge in [0.1, 0.15) is 11.9 Å². The zero-order valence-electron chi connectivity index (χ0n) is 13.5. The Morgan fingerprint density at radius 1 is 1.21 bits per heavy atom. The van der Waals surface area contributed by atoms with Gasteiger partial charge in [0, 0.05) is 5.69 Å². The minimum absolute atomic E-state index is 0.0545. The lowest BCUT2D eigenvalue weighted by Crippen LogP contribution is -2.13. The zero-order chi connectivity index (χ0) is 16.9. The maximum Gasteiger partial charge on any atom is 0.277 e. The van der Waals surface area contributed by atoms with E-state index in [0.717, 1.165) is 16.9 Å². The van der Waals surface area contributed by atoms with Gasteiger partial charge in [0.25, 0.3) is 5.91 Å². The molecule has 0 saturated carbocycles. The molecule has 24 heavy (non-hydrogen) atoms. The fourth-order valence-corrected chi connectivity index (χ4v) is 2.34. The highest BCUT2D eigenvalue weighted by atomic mass is 16.5. The Morgan fingerprint density at radius 3 is 2.67 bits per heavy atom. The number of hydrogen-bond acceptors (Lipinski definition) is 4. The maximum absolute atomic E-state index is 12.0. The van der Waals surface area contributed by atoms with E-state index in [0.29, 0.717) is 5.69 Å². The van der Waals surface area contributed by atoms with E-state index in [4.69, 9.17) is 4.74 Å². The number of ether oxygens (including phenoxy) is 1. The van der Waals surface area contributed by atoms with Gasteiger partial charge in [-0.3, -0.25) is 4.79 Å². The first-order valence-electron chi connectivity index (χ1n) is 7.63. The summed E-state index contributed by atoms with van der Waals surface area (Å²) in [5.41, 5.74) is 2.97. The molecule has 3 rings (SSSR count). The van der Waals surface area contributed by atoms with Crippen molar-refractivity contribution in [3.63, 3.8) is 0 Å². The number of rotatable bonds is 5. The Hall–Kier alpha value is -3.15. The number of hydrogen-bond donors (Lipinski definition) is 2. The van der Waals surface area contributed by atoms with Gasteiger partial charge in [-0.2, -0.15) is 15.4 Å². The van der Waals surface area contributed by atoms with Crippen molar-refractivity contribution < 1.29 is 9.53 Å². The fourth-order valence-electron chi connectivity index (χ4n) is 2.34. The number of H-pyrrole nitrogens is 1. The summed E-state index contributed by atoms with van der Waals surface area (Å²) in [7, 11) is 0. The predicted octanol–water partition coefficient (Wildman–Crippen LogP) is 3.51. The number of benzene rings is 2. The van der Waals surface area contributed by atoms with E-state index in [2.05, 4.69) is 20.7 Å². The van der Waals surface area contributed by atoms with Crippen LogP contribution in [0.4, 0.5) is 5.69 Å². The second-order valence-electron chi connectivity index (χ2n) is 5.46. The molecule has 1 amide bonds. The van der Waals surface area contributed by atoms with Crippen molar-refractivity contribution in [2.75, 3.05) is 5.32 Å². The molecule has 0 saturated heterocycles. The van der Waals surface area contributed by atoms with E-state index >= 15 is 0 Å². The summed E-state index contributed by atoms with van der Waals surface area (Å²) in [6, 6.07) is 15.6. The summed E-state index contributed by atoms with van der Waals surface area (Å²) in [5, 5.41) is 12.6. The quantitative estimate of drug-likeness (QED) is 0.753. The first kappa shape index (κ1) is 15.7. The maximum atomic E-state index is 12.0. The molecule has 1 atom stereocenters. The van der Waals surface area contributed by atoms with E-state index in [-0.39, 0.29) is 17.7 Å². The molecule has 6 nitrogen and oxygen atoms in total. The molecule has 1 aromatic heterocycles. The number of carbonyl (C=O) groups is 1. The molecule has 0 fully saturated rings. The third-order valence-electron chi connectivity index (χ3n) is 3.68. The highest BCUT2D eigenvalue weighted by Crippen LogP contribution is 2.26. The van der Waals surface area contributed by atoms with Crippen LogP contribution in [0.15, 0.2) is 54.7 Å². The van der Waals surface area contributed by atoms with Crippen LogP contribution in [0.2, 0.25) is 0 Å². The number of aromatic nitrogens is 3. The largest absolute Gasteiger partial charge is 0.486 e. The number of nitrogens with one attached hydrogen (secondary N) is 2. The summed E-state index contributed by atoms with van der Waals surface area (Å²) < 4.78 is 5.97. The van der Waals surface area contributed by atoms with Gasteiger partial charge >= 0.3 is 0 Å². The van der Waals surface area contributed by atoms with Crippen molar-refractivity contribution >= 4 is 11.6 Å². The van der Waals surface area contributed by atoms with Crippen molar-refractivity contribution in [3.05, 3.63) is 71.5 Å². The highest BCUT2D eigenvalue weighted by Gasteiger charge is 2.12. The minimum Gasteiger partial charge on any atom is -0.486 e. The summed E-state index contributed by atoms with van der Waals surface area (Å²) in [6.45, 7) is 3.92. The first-order chi connectivity index (χ1) is 11.6. The lowest BCUT2D eigenvalue weighted by Gasteiger charge is -2.16. The summed E-state index contributed by atoms with van der Waals surface area (Å²) in [6.07, 6.45) is 1.32. The molecule has 0 radical (unpaired) electrons. The molecule has 2 aromatic carbocycles. The van der Waals surface area contributed by atoms with Crippen LogP contribution in [-0.4, -0.2) is 21.3 Å². The SMILES string of the molecule is Cc1cc(O[C@@H](C)c2ccccc2)ccc1NC(=O)c1cn[nH]n1. The third kappa shape index (κ3) is 3.60. The lowest BCUT2D eigenvalue weighted by atomic mass is 10.1. The summed E-state index contributed by atoms with van der Waals surface area (Å²) in [4.78, 5) is 12.0. The Balaban J connectivity index is 1.69. The van der Waals surface area contributed by atoms with Crippen molar-refractivity contribution in [2.45, 2.75) is 20.0 Å². The Kier molecular flexibility index (Phi) is 4.56. The van der Waals surface area contributed by atoms with Crippen molar-refractivity contribution in [1.29, 1.82) is 0 Å². The molecule has 2 N–H and O–H groups in total. The lowest BCUT2D eigenvalue weighted by molar-refractivity contribution is 0.102. The van der Waals surface area contributed by atoms with E-state index in [1.807, 2.05) is 62.4 Å². The number of aryl methyl sites for hydroxylation is 1. The first-order valence-corrected chi connectivity index (χ1v) is 7.63. The molecule has 6 heteroatoms. The second kappa shape index (κ2) is 6.95. The Labute approximate surface area is 139 Å². The fraction of sp³-hybridized carbons (Fsp3) is 0.167. The van der Waals surface area contributed by atoms with Crippen LogP contribution in [0.25, 0.3) is 0 Å². The normalized spacial score (nSPS) is 11.8. The smallest absolute Gasteiger partial charge is 0.277 e. The monoisotopic (exact) mass is 322 g/mol. The van der Waals surface area contributed by atoms with Crippen LogP contribution in [-0.2, 0) is 0 Å². The molecular formula is C18H18N4O2. The highest BCUT2D eigenvalue weighted by molar-refractivity contribution is 6.03. The number of aromatic amines is 1. The average molecular weight is 322 g/mol. The number of anilines is 1. The van der Waals surface area contributed by atoms with Gasteiger partial charge in [-0.15, -0.1) is 0 Å². The molecule has 0 aliphatic heterocycles. The van der Waals surface area contributed by atoms with E-state index in [9.17, 15) is 4.79 Å². The summed E-state index contributed by atoms with van der Waals surface area (Å²) >= 11 is 0. The van der Waals surface area contributed by atoms with E-state index in [1.165, 1.54) is 6.20 Å². The van der Waals surface area contributed by atoms with Gasteiger partial charge in [0.05, 0.1) is 6.20 Å². The van der Waals surface area contributed by atoms with E-state index < -0.39 is 0 Å². The van der Waals surface area contributed by atoms with Crippen molar-refractivity contribution in [1.82, 2.24) is 15.4 Å². The zero-order valence-corrected chi connectivity index (χ0v) is 13.5. The van der Waals surface area contributed by atoms with Gasteiger partial charge in [-0.25, -0.2) is 0 Å². The topological polar surface area (TPSA) is 79.9 Å². The van der Waals surface area contributed by atoms with Crippen LogP contribution < -0.4 is 10.1 Å². The van der Waals surface area contributed by atoms with E-state index in [1.54, 1.807) is 0 Å². The van der Waals surface area contributed by atoms with Crippen LogP contribution in [0.1, 0.15) is 34.6 Å². The van der Waals surface area contributed by atoms with Gasteiger partial charge in [-0.05, 0) is 43.2 Å². The van der Waals surface area contributed by atoms with Crippen molar-refractivity contribution in [3.8, 4) is 5.75 Å². The van der Waals surface area contributed by atoms with Crippen LogP contribution in [0, 0.1) is 6.92 Å². The molecule has 3 aromatic rings. The van der Waals surface area contributed by atoms with Crippen LogP contribution >= 0.6 is 0 Å². The van der Waals surface area contributed by atoms with Crippen LogP contribution in [0.5, 0.6) is 5.75 Å². The van der Waals surface area contributed by atoms with Gasteiger partial charge in [-0.1, -0.05) is 30.3 Å². The molecule has 0 unspecified atom stereocenters. The summed E-state index contributed by atoms with van der Waals surface area (Å²) in [5.74, 6) is 0.446. The minimum atomic E-state index is -0.307. The molecule has 0 aliphatic rings. The molecule has 0 bridgehead atoms. The number of carbonyl (C=O) groups excluding carboxylic acids is 1. The van der Waals surface area contributed by atoms with Gasteiger partial charge in [0.2, 0.25) is 0 Å². The molecule has 1 heterocycles. The predicted molar refractivity (Wildman–Crippen MR) is 91.0 cm³/mol. The Morgan fingerprint density at radius 2 is 2.00 bits per heavy atom. The molecule has 0 aliphatic carbocycles. The van der Waals surface area contributed by atoms with Crippen LogP contribution in [0.3, 0.4) is 0 Å². The number of nitrogens with zero attached hydrogens (tertiary/aromatic N) is 2.